The van der Waals surface area contributed by atoms with E-state index in [0.717, 1.165) is 5.56 Å². The normalized spacial score (nSPS) is 10.9. The van der Waals surface area contributed by atoms with E-state index >= 15 is 0 Å². The molecule has 108 valence electrons. The fourth-order valence-electron chi connectivity index (χ4n) is 1.59. The molecule has 5 nitrogen and oxygen atoms in total. The van der Waals surface area contributed by atoms with Crippen molar-refractivity contribution in [2.45, 2.75) is 0 Å². The molecule has 0 atom stereocenters. The Labute approximate surface area is 119 Å². The maximum absolute atomic E-state index is 12.0. The lowest BCUT2D eigenvalue weighted by atomic mass is 10.2. The van der Waals surface area contributed by atoms with Gasteiger partial charge in [-0.3, -0.25) is 9.59 Å². The summed E-state index contributed by atoms with van der Waals surface area (Å²) in [5.74, 6) is -1.30. The molecule has 1 N–H and O–H groups in total. The van der Waals surface area contributed by atoms with Gasteiger partial charge in [0.05, 0.1) is 0 Å². The lowest BCUT2D eigenvalue weighted by Gasteiger charge is -2.21. The molecule has 0 heterocycles. The van der Waals surface area contributed by atoms with Gasteiger partial charge in [-0.05, 0) is 25.7 Å². The minimum atomic E-state index is -1.01. The minimum Gasteiger partial charge on any atom is -0.480 e. The van der Waals surface area contributed by atoms with Crippen molar-refractivity contribution in [1.82, 2.24) is 9.80 Å². The number of carbonyl (C=O) groups is 2. The van der Waals surface area contributed by atoms with Gasteiger partial charge in [0, 0.05) is 19.2 Å². The molecule has 0 aliphatic heterocycles. The number of likely N-dealkylation sites (N-methyl/N-ethyl adjacent to an activating group) is 1. The molecule has 0 radical (unpaired) electrons. The lowest BCUT2D eigenvalue weighted by Crippen LogP contribution is -2.39. The van der Waals surface area contributed by atoms with Crippen LogP contribution in [0.3, 0.4) is 0 Å². The second kappa shape index (κ2) is 8.12. The molecule has 0 saturated carbocycles. The maximum atomic E-state index is 12.0. The third-order valence-electron chi connectivity index (χ3n) is 2.67. The van der Waals surface area contributed by atoms with Crippen LogP contribution in [-0.2, 0) is 9.59 Å². The van der Waals surface area contributed by atoms with Gasteiger partial charge in [-0.2, -0.15) is 0 Å². The monoisotopic (exact) mass is 276 g/mol. The average Bonchev–Trinajstić information content (AvgIpc) is 2.41. The molecule has 1 amide bonds. The third-order valence-corrected chi connectivity index (χ3v) is 2.67. The third kappa shape index (κ3) is 6.15. The van der Waals surface area contributed by atoms with E-state index in [1.165, 1.54) is 11.0 Å². The molecule has 1 aromatic rings. The molecule has 0 fully saturated rings. The van der Waals surface area contributed by atoms with Crippen molar-refractivity contribution in [3.8, 4) is 0 Å². The highest BCUT2D eigenvalue weighted by molar-refractivity contribution is 5.93. The highest BCUT2D eigenvalue weighted by Gasteiger charge is 2.14. The van der Waals surface area contributed by atoms with Crippen LogP contribution in [0, 0.1) is 0 Å². The summed E-state index contributed by atoms with van der Waals surface area (Å²) in [4.78, 5) is 26.1. The predicted octanol–water partition coefficient (Wildman–Crippen LogP) is 1.17. The van der Waals surface area contributed by atoms with Crippen LogP contribution in [0.15, 0.2) is 36.4 Å². The number of aliphatic carboxylic acids is 1. The zero-order valence-corrected chi connectivity index (χ0v) is 11.8. The van der Waals surface area contributed by atoms with Crippen molar-refractivity contribution in [3.63, 3.8) is 0 Å². The van der Waals surface area contributed by atoms with Crippen LogP contribution in [0.5, 0.6) is 0 Å². The minimum absolute atomic E-state index is 0.286. The molecule has 1 rings (SSSR count). The summed E-state index contributed by atoms with van der Waals surface area (Å²) >= 11 is 0. The Kier molecular flexibility index (Phi) is 6.46. The lowest BCUT2D eigenvalue weighted by molar-refractivity contribution is -0.142. The van der Waals surface area contributed by atoms with Crippen LogP contribution in [0.4, 0.5) is 0 Å². The molecule has 0 saturated heterocycles. The molecule has 0 aliphatic rings. The fraction of sp³-hybridized carbons (Fsp3) is 0.333. The van der Waals surface area contributed by atoms with Crippen LogP contribution in [-0.4, -0.2) is 60.5 Å². The molecule has 0 unspecified atom stereocenters. The van der Waals surface area contributed by atoms with Gasteiger partial charge in [-0.15, -0.1) is 0 Å². The first-order valence-electron chi connectivity index (χ1n) is 6.37. The van der Waals surface area contributed by atoms with Gasteiger partial charge >= 0.3 is 5.97 Å². The Morgan fingerprint density at radius 2 is 1.80 bits per heavy atom. The summed E-state index contributed by atoms with van der Waals surface area (Å²) < 4.78 is 0. The second-order valence-corrected chi connectivity index (χ2v) is 4.70. The van der Waals surface area contributed by atoms with Gasteiger partial charge in [0.1, 0.15) is 6.54 Å². The van der Waals surface area contributed by atoms with Crippen LogP contribution in [0.25, 0.3) is 6.08 Å². The number of carboxylic acid groups (broad SMARTS) is 1. The number of benzene rings is 1. The first kappa shape index (κ1) is 15.9. The Bertz CT molecular complexity index is 469. The van der Waals surface area contributed by atoms with Gasteiger partial charge in [0.25, 0.3) is 0 Å². The molecule has 0 spiro atoms. The quantitative estimate of drug-likeness (QED) is 0.760. The first-order chi connectivity index (χ1) is 9.49. The first-order valence-corrected chi connectivity index (χ1v) is 6.37. The van der Waals surface area contributed by atoms with Crippen LogP contribution < -0.4 is 0 Å². The van der Waals surface area contributed by atoms with E-state index in [0.29, 0.717) is 13.1 Å². The van der Waals surface area contributed by atoms with Crippen molar-refractivity contribution in [3.05, 3.63) is 42.0 Å². The molecular weight excluding hydrogens is 256 g/mol. The van der Waals surface area contributed by atoms with E-state index in [1.54, 1.807) is 6.08 Å². The zero-order valence-electron chi connectivity index (χ0n) is 11.8. The molecule has 5 heteroatoms. The van der Waals surface area contributed by atoms with E-state index < -0.39 is 5.97 Å². The average molecular weight is 276 g/mol. The van der Waals surface area contributed by atoms with Crippen molar-refractivity contribution < 1.29 is 14.7 Å². The van der Waals surface area contributed by atoms with Crippen LogP contribution >= 0.6 is 0 Å². The number of hydrogen-bond donors (Lipinski definition) is 1. The van der Waals surface area contributed by atoms with E-state index in [4.69, 9.17) is 5.11 Å². The van der Waals surface area contributed by atoms with Gasteiger partial charge in [-0.25, -0.2) is 0 Å². The summed E-state index contributed by atoms with van der Waals surface area (Å²) in [7, 11) is 3.76. The Morgan fingerprint density at radius 1 is 1.15 bits per heavy atom. The van der Waals surface area contributed by atoms with E-state index in [1.807, 2.05) is 49.3 Å². The predicted molar refractivity (Wildman–Crippen MR) is 78.2 cm³/mol. The summed E-state index contributed by atoms with van der Waals surface area (Å²) in [6, 6.07) is 9.42. The Hall–Kier alpha value is -2.14. The number of nitrogens with zero attached hydrogens (tertiary/aromatic N) is 2. The number of amides is 1. The van der Waals surface area contributed by atoms with Crippen molar-refractivity contribution in [2.24, 2.45) is 0 Å². The van der Waals surface area contributed by atoms with E-state index in [-0.39, 0.29) is 12.5 Å². The molecule has 20 heavy (non-hydrogen) atoms. The van der Waals surface area contributed by atoms with E-state index in [9.17, 15) is 9.59 Å². The van der Waals surface area contributed by atoms with Gasteiger partial charge in [0.2, 0.25) is 5.91 Å². The summed E-state index contributed by atoms with van der Waals surface area (Å²) in [6.45, 7) is 0.723. The number of carbonyl (C=O) groups excluding carboxylic acids is 1. The number of hydrogen-bond acceptors (Lipinski definition) is 3. The largest absolute Gasteiger partial charge is 0.480 e. The molecule has 0 bridgehead atoms. The SMILES string of the molecule is CN(C)CCN(CC(=O)O)C(=O)/C=C/c1ccccc1. The molecule has 0 aromatic heterocycles. The van der Waals surface area contributed by atoms with Crippen LogP contribution in [0.2, 0.25) is 0 Å². The van der Waals surface area contributed by atoms with Crippen molar-refractivity contribution in [1.29, 1.82) is 0 Å². The standard InChI is InChI=1S/C15H20N2O3/c1-16(2)10-11-17(12-15(19)20)14(18)9-8-13-6-4-3-5-7-13/h3-9H,10-12H2,1-2H3,(H,19,20)/b9-8+. The molecule has 1 aromatic carbocycles. The van der Waals surface area contributed by atoms with Crippen molar-refractivity contribution >= 4 is 18.0 Å². The summed E-state index contributed by atoms with van der Waals surface area (Å²) in [6.07, 6.45) is 3.10. The molecule has 0 aliphatic carbocycles. The molecular formula is C15H20N2O3. The van der Waals surface area contributed by atoms with Gasteiger partial charge in [0.15, 0.2) is 0 Å². The van der Waals surface area contributed by atoms with Gasteiger partial charge in [-0.1, -0.05) is 30.3 Å². The Balaban J connectivity index is 2.67. The van der Waals surface area contributed by atoms with E-state index in [2.05, 4.69) is 0 Å². The number of carboxylic acids is 1. The summed E-state index contributed by atoms with van der Waals surface area (Å²) in [5, 5.41) is 8.85. The van der Waals surface area contributed by atoms with Crippen molar-refractivity contribution in [2.75, 3.05) is 33.7 Å². The van der Waals surface area contributed by atoms with Crippen LogP contribution in [0.1, 0.15) is 5.56 Å². The topological polar surface area (TPSA) is 60.9 Å². The highest BCUT2D eigenvalue weighted by Crippen LogP contribution is 2.02. The maximum Gasteiger partial charge on any atom is 0.323 e. The second-order valence-electron chi connectivity index (χ2n) is 4.70. The smallest absolute Gasteiger partial charge is 0.323 e. The zero-order chi connectivity index (χ0) is 15.0. The highest BCUT2D eigenvalue weighted by atomic mass is 16.4. The Morgan fingerprint density at radius 3 is 2.35 bits per heavy atom. The number of rotatable bonds is 7. The van der Waals surface area contributed by atoms with Gasteiger partial charge < -0.3 is 14.9 Å². The summed E-state index contributed by atoms with van der Waals surface area (Å²) in [5.41, 5.74) is 0.906. The fourth-order valence-corrected chi connectivity index (χ4v) is 1.59.